The lowest BCUT2D eigenvalue weighted by atomic mass is 10.2. The average Bonchev–Trinajstić information content (AvgIpc) is 2.63. The fourth-order valence-corrected chi connectivity index (χ4v) is 1.95. The number of pyridine rings is 1. The topological polar surface area (TPSA) is 68.3 Å². The number of carbonyl (C=O) groups excluding carboxylic acids is 2. The molecule has 1 aromatic carbocycles. The van der Waals surface area contributed by atoms with Gasteiger partial charge in [0.25, 0.3) is 5.91 Å². The van der Waals surface area contributed by atoms with Gasteiger partial charge in [-0.3, -0.25) is 9.78 Å². The molecular formula is C19H20N2O3. The van der Waals surface area contributed by atoms with E-state index in [4.69, 9.17) is 4.74 Å². The minimum absolute atomic E-state index is 0.0907. The second-order valence-corrected chi connectivity index (χ2v) is 5.15. The number of amides is 1. The van der Waals surface area contributed by atoms with Gasteiger partial charge in [-0.05, 0) is 36.3 Å². The summed E-state index contributed by atoms with van der Waals surface area (Å²) in [6.45, 7) is 2.33. The lowest BCUT2D eigenvalue weighted by Gasteiger charge is -2.10. The van der Waals surface area contributed by atoms with Crippen LogP contribution in [0.1, 0.15) is 35.7 Å². The molecule has 124 valence electrons. The standard InChI is InChI=1S/C19H20N2O3/c1-2-3-12-24-19(23)17(13-15-8-7-11-20-14-15)21-18(22)16-9-5-4-6-10-16/h4-11,13-14H,2-3,12H2,1H3,(H,21,22)/b17-13-. The summed E-state index contributed by atoms with van der Waals surface area (Å²) in [6, 6.07) is 12.3. The van der Waals surface area contributed by atoms with Crippen molar-refractivity contribution in [1.82, 2.24) is 10.3 Å². The summed E-state index contributed by atoms with van der Waals surface area (Å²) in [6.07, 6.45) is 6.50. The van der Waals surface area contributed by atoms with Crippen LogP contribution < -0.4 is 5.32 Å². The van der Waals surface area contributed by atoms with Crippen molar-refractivity contribution in [2.45, 2.75) is 19.8 Å². The lowest BCUT2D eigenvalue weighted by Crippen LogP contribution is -2.28. The van der Waals surface area contributed by atoms with E-state index in [2.05, 4.69) is 10.3 Å². The third-order valence-electron chi connectivity index (χ3n) is 3.23. The summed E-state index contributed by atoms with van der Waals surface area (Å²) < 4.78 is 5.21. The van der Waals surface area contributed by atoms with E-state index in [9.17, 15) is 9.59 Å². The summed E-state index contributed by atoms with van der Waals surface area (Å²) in [4.78, 5) is 28.6. The minimum atomic E-state index is -0.559. The van der Waals surface area contributed by atoms with E-state index in [0.29, 0.717) is 17.7 Å². The molecule has 5 heteroatoms. The SMILES string of the molecule is CCCCOC(=O)/C(=C/c1cccnc1)NC(=O)c1ccccc1. The van der Waals surface area contributed by atoms with E-state index in [1.807, 2.05) is 13.0 Å². The first-order valence-electron chi connectivity index (χ1n) is 7.86. The Morgan fingerprint density at radius 3 is 2.62 bits per heavy atom. The Morgan fingerprint density at radius 2 is 1.96 bits per heavy atom. The van der Waals surface area contributed by atoms with Gasteiger partial charge in [0.2, 0.25) is 0 Å². The van der Waals surface area contributed by atoms with Gasteiger partial charge in [0.15, 0.2) is 0 Å². The molecule has 1 amide bonds. The molecule has 0 unspecified atom stereocenters. The van der Waals surface area contributed by atoms with E-state index >= 15 is 0 Å². The maximum Gasteiger partial charge on any atom is 0.354 e. The molecule has 0 fully saturated rings. The summed E-state index contributed by atoms with van der Waals surface area (Å²) in [5.41, 5.74) is 1.26. The van der Waals surface area contributed by atoms with Gasteiger partial charge in [0.05, 0.1) is 6.61 Å². The lowest BCUT2D eigenvalue weighted by molar-refractivity contribution is -0.139. The van der Waals surface area contributed by atoms with Crippen molar-refractivity contribution >= 4 is 18.0 Å². The van der Waals surface area contributed by atoms with Gasteiger partial charge in [0.1, 0.15) is 5.70 Å². The van der Waals surface area contributed by atoms with Gasteiger partial charge >= 0.3 is 5.97 Å². The van der Waals surface area contributed by atoms with Crippen molar-refractivity contribution in [1.29, 1.82) is 0 Å². The molecule has 0 aliphatic carbocycles. The fourth-order valence-electron chi connectivity index (χ4n) is 1.95. The highest BCUT2D eigenvalue weighted by Crippen LogP contribution is 2.08. The van der Waals surface area contributed by atoms with E-state index in [1.165, 1.54) is 0 Å². The van der Waals surface area contributed by atoms with Crippen LogP contribution in [0.15, 0.2) is 60.6 Å². The van der Waals surface area contributed by atoms with E-state index in [1.54, 1.807) is 54.9 Å². The average molecular weight is 324 g/mol. The van der Waals surface area contributed by atoms with Crippen molar-refractivity contribution in [3.05, 3.63) is 71.7 Å². The molecule has 0 spiro atoms. The van der Waals surface area contributed by atoms with Gasteiger partial charge < -0.3 is 10.1 Å². The fraction of sp³-hybridized carbons (Fsp3) is 0.211. The largest absolute Gasteiger partial charge is 0.461 e. The molecule has 0 aliphatic heterocycles. The van der Waals surface area contributed by atoms with E-state index in [-0.39, 0.29) is 11.6 Å². The second kappa shape index (κ2) is 9.25. The Balaban J connectivity index is 2.17. The highest BCUT2D eigenvalue weighted by Gasteiger charge is 2.15. The molecule has 0 saturated carbocycles. The highest BCUT2D eigenvalue weighted by atomic mass is 16.5. The van der Waals surface area contributed by atoms with Gasteiger partial charge in [-0.2, -0.15) is 0 Å². The van der Waals surface area contributed by atoms with Crippen LogP contribution in [0.5, 0.6) is 0 Å². The van der Waals surface area contributed by atoms with Crippen LogP contribution in [0, 0.1) is 0 Å². The Morgan fingerprint density at radius 1 is 1.17 bits per heavy atom. The van der Waals surface area contributed by atoms with Gasteiger partial charge in [0, 0.05) is 18.0 Å². The van der Waals surface area contributed by atoms with Crippen molar-refractivity contribution < 1.29 is 14.3 Å². The first-order chi connectivity index (χ1) is 11.7. The predicted octanol–water partition coefficient (Wildman–Crippen LogP) is 3.20. The molecule has 1 heterocycles. The predicted molar refractivity (Wildman–Crippen MR) is 92.0 cm³/mol. The Bertz CT molecular complexity index is 697. The zero-order valence-corrected chi connectivity index (χ0v) is 13.6. The third-order valence-corrected chi connectivity index (χ3v) is 3.23. The molecule has 5 nitrogen and oxygen atoms in total. The van der Waals surface area contributed by atoms with Crippen molar-refractivity contribution in [2.24, 2.45) is 0 Å². The number of carbonyl (C=O) groups is 2. The molecule has 0 radical (unpaired) electrons. The van der Waals surface area contributed by atoms with Crippen molar-refractivity contribution in [3.8, 4) is 0 Å². The van der Waals surface area contributed by atoms with Gasteiger partial charge in [-0.15, -0.1) is 0 Å². The van der Waals surface area contributed by atoms with Gasteiger partial charge in [-0.1, -0.05) is 37.6 Å². The molecule has 24 heavy (non-hydrogen) atoms. The first kappa shape index (κ1) is 17.4. The molecule has 0 atom stereocenters. The molecule has 0 saturated heterocycles. The number of esters is 1. The molecular weight excluding hydrogens is 304 g/mol. The monoisotopic (exact) mass is 324 g/mol. The van der Waals surface area contributed by atoms with E-state index < -0.39 is 5.97 Å². The molecule has 0 aliphatic rings. The normalized spacial score (nSPS) is 11.0. The number of ether oxygens (including phenoxy) is 1. The number of benzene rings is 1. The molecule has 1 aromatic heterocycles. The van der Waals surface area contributed by atoms with Crippen LogP contribution in [0.2, 0.25) is 0 Å². The first-order valence-corrected chi connectivity index (χ1v) is 7.86. The number of aromatic nitrogens is 1. The summed E-state index contributed by atoms with van der Waals surface area (Å²) in [5, 5.41) is 2.63. The Hall–Kier alpha value is -2.95. The Labute approximate surface area is 141 Å². The minimum Gasteiger partial charge on any atom is -0.461 e. The Kier molecular flexibility index (Phi) is 6.71. The number of hydrogen-bond donors (Lipinski definition) is 1. The second-order valence-electron chi connectivity index (χ2n) is 5.15. The smallest absolute Gasteiger partial charge is 0.354 e. The maximum atomic E-state index is 12.3. The number of hydrogen-bond acceptors (Lipinski definition) is 4. The van der Waals surface area contributed by atoms with E-state index in [0.717, 1.165) is 12.8 Å². The number of rotatable bonds is 7. The van der Waals surface area contributed by atoms with Crippen LogP contribution in [0.4, 0.5) is 0 Å². The molecule has 1 N–H and O–H groups in total. The van der Waals surface area contributed by atoms with Gasteiger partial charge in [-0.25, -0.2) is 4.79 Å². The summed E-state index contributed by atoms with van der Waals surface area (Å²) in [7, 11) is 0. The zero-order chi connectivity index (χ0) is 17.2. The maximum absolute atomic E-state index is 12.3. The van der Waals surface area contributed by atoms with Crippen molar-refractivity contribution in [2.75, 3.05) is 6.61 Å². The number of unbranched alkanes of at least 4 members (excludes halogenated alkanes) is 1. The molecule has 2 rings (SSSR count). The number of nitrogens with zero attached hydrogens (tertiary/aromatic N) is 1. The quantitative estimate of drug-likeness (QED) is 0.482. The van der Waals surface area contributed by atoms with Crippen molar-refractivity contribution in [3.63, 3.8) is 0 Å². The van der Waals surface area contributed by atoms with Crippen LogP contribution in [-0.2, 0) is 9.53 Å². The van der Waals surface area contributed by atoms with Crippen LogP contribution in [0.25, 0.3) is 6.08 Å². The molecule has 0 bridgehead atoms. The highest BCUT2D eigenvalue weighted by molar-refractivity contribution is 6.03. The summed E-state index contributed by atoms with van der Waals surface area (Å²) in [5.74, 6) is -0.922. The summed E-state index contributed by atoms with van der Waals surface area (Å²) >= 11 is 0. The zero-order valence-electron chi connectivity index (χ0n) is 13.6. The van der Waals surface area contributed by atoms with Crippen LogP contribution in [0.3, 0.4) is 0 Å². The van der Waals surface area contributed by atoms with Crippen LogP contribution >= 0.6 is 0 Å². The van der Waals surface area contributed by atoms with Crippen LogP contribution in [-0.4, -0.2) is 23.5 Å². The molecule has 2 aromatic rings. The third kappa shape index (κ3) is 5.35. The number of nitrogens with one attached hydrogen (secondary N) is 1.